The highest BCUT2D eigenvalue weighted by Gasteiger charge is 2.03. The van der Waals surface area contributed by atoms with E-state index in [-0.39, 0.29) is 5.91 Å². The molecule has 6 nitrogen and oxygen atoms in total. The van der Waals surface area contributed by atoms with Gasteiger partial charge in [0.1, 0.15) is 5.82 Å². The normalized spacial score (nSPS) is 10.2. The number of carbonyl (C=O) groups excluding carboxylic acids is 1. The molecule has 1 rings (SSSR count). The number of terminal acetylenes is 1. The van der Waals surface area contributed by atoms with E-state index in [1.165, 1.54) is 0 Å². The van der Waals surface area contributed by atoms with Gasteiger partial charge in [0.2, 0.25) is 5.91 Å². The molecule has 0 radical (unpaired) electrons. The number of nitrogens with one attached hydrogen (secondary N) is 1. The van der Waals surface area contributed by atoms with Crippen LogP contribution < -0.4 is 5.32 Å². The first-order valence-corrected chi connectivity index (χ1v) is 7.13. The quantitative estimate of drug-likeness (QED) is 0.495. The Morgan fingerprint density at radius 2 is 1.95 bits per heavy atom. The van der Waals surface area contributed by atoms with Crippen LogP contribution in [-0.2, 0) is 19.0 Å². The van der Waals surface area contributed by atoms with Gasteiger partial charge in [0.25, 0.3) is 0 Å². The molecule has 0 atom stereocenters. The van der Waals surface area contributed by atoms with Crippen molar-refractivity contribution in [2.75, 3.05) is 45.5 Å². The Kier molecular flexibility index (Phi) is 9.62. The first kappa shape index (κ1) is 18.1. The largest absolute Gasteiger partial charge is 0.382 e. The van der Waals surface area contributed by atoms with Crippen LogP contribution in [0.25, 0.3) is 0 Å². The second-order valence-corrected chi connectivity index (χ2v) is 4.45. The SMILES string of the molecule is C#Cc1ccc(NC(=O)CCCOCCOCCOC)nc1. The van der Waals surface area contributed by atoms with Gasteiger partial charge in [0.15, 0.2) is 0 Å². The minimum absolute atomic E-state index is 0.0964. The van der Waals surface area contributed by atoms with Crippen molar-refractivity contribution in [3.05, 3.63) is 23.9 Å². The highest BCUT2D eigenvalue weighted by Crippen LogP contribution is 2.05. The smallest absolute Gasteiger partial charge is 0.225 e. The van der Waals surface area contributed by atoms with Crippen LogP contribution in [0.5, 0.6) is 0 Å². The lowest BCUT2D eigenvalue weighted by Crippen LogP contribution is -2.14. The molecule has 0 bridgehead atoms. The standard InChI is InChI=1S/C16H22N2O4/c1-3-14-6-7-15(17-13-14)18-16(19)5-4-8-21-11-12-22-10-9-20-2/h1,6-7,13H,4-5,8-12H2,2H3,(H,17,18,19). The van der Waals surface area contributed by atoms with Gasteiger partial charge in [-0.1, -0.05) is 5.92 Å². The number of amides is 1. The Labute approximate surface area is 131 Å². The van der Waals surface area contributed by atoms with Crippen LogP contribution in [-0.4, -0.2) is 51.0 Å². The number of hydrogen-bond acceptors (Lipinski definition) is 5. The molecule has 120 valence electrons. The summed E-state index contributed by atoms with van der Waals surface area (Å²) in [4.78, 5) is 15.7. The van der Waals surface area contributed by atoms with E-state index in [9.17, 15) is 4.79 Å². The van der Waals surface area contributed by atoms with Gasteiger partial charge in [-0.3, -0.25) is 4.79 Å². The van der Waals surface area contributed by atoms with Crippen molar-refractivity contribution in [3.63, 3.8) is 0 Å². The highest BCUT2D eigenvalue weighted by atomic mass is 16.5. The van der Waals surface area contributed by atoms with E-state index < -0.39 is 0 Å². The molecule has 0 unspecified atom stereocenters. The molecule has 6 heteroatoms. The highest BCUT2D eigenvalue weighted by molar-refractivity contribution is 5.89. The van der Waals surface area contributed by atoms with E-state index in [0.717, 1.165) is 0 Å². The summed E-state index contributed by atoms with van der Waals surface area (Å²) in [6, 6.07) is 3.41. The van der Waals surface area contributed by atoms with Gasteiger partial charge in [0.05, 0.1) is 26.4 Å². The minimum atomic E-state index is -0.0964. The van der Waals surface area contributed by atoms with Crippen LogP contribution >= 0.6 is 0 Å². The Bertz CT molecular complexity index is 468. The number of rotatable bonds is 11. The molecule has 22 heavy (non-hydrogen) atoms. The predicted octanol–water partition coefficient (Wildman–Crippen LogP) is 1.46. The molecule has 0 aromatic carbocycles. The fraction of sp³-hybridized carbons (Fsp3) is 0.500. The fourth-order valence-electron chi connectivity index (χ4n) is 1.56. The van der Waals surface area contributed by atoms with Gasteiger partial charge in [-0.05, 0) is 18.6 Å². The summed E-state index contributed by atoms with van der Waals surface area (Å²) in [5.74, 6) is 2.87. The van der Waals surface area contributed by atoms with Crippen molar-refractivity contribution in [3.8, 4) is 12.3 Å². The average Bonchev–Trinajstić information content (AvgIpc) is 2.54. The van der Waals surface area contributed by atoms with Gasteiger partial charge in [-0.25, -0.2) is 4.98 Å². The van der Waals surface area contributed by atoms with Crippen LogP contribution in [0.2, 0.25) is 0 Å². The number of nitrogens with zero attached hydrogens (tertiary/aromatic N) is 1. The summed E-state index contributed by atoms with van der Waals surface area (Å²) in [5, 5.41) is 2.71. The maximum Gasteiger partial charge on any atom is 0.225 e. The third kappa shape index (κ3) is 8.37. The van der Waals surface area contributed by atoms with E-state index in [1.54, 1.807) is 25.4 Å². The van der Waals surface area contributed by atoms with Crippen LogP contribution in [0.3, 0.4) is 0 Å². The lowest BCUT2D eigenvalue weighted by molar-refractivity contribution is -0.116. The average molecular weight is 306 g/mol. The Morgan fingerprint density at radius 3 is 2.59 bits per heavy atom. The number of methoxy groups -OCH3 is 1. The lowest BCUT2D eigenvalue weighted by atomic mass is 10.3. The molecule has 1 heterocycles. The van der Waals surface area contributed by atoms with Gasteiger partial charge in [0, 0.05) is 31.9 Å². The van der Waals surface area contributed by atoms with Crippen molar-refractivity contribution in [1.29, 1.82) is 0 Å². The van der Waals surface area contributed by atoms with Crippen LogP contribution in [0, 0.1) is 12.3 Å². The molecule has 0 aliphatic rings. The van der Waals surface area contributed by atoms with E-state index in [0.29, 0.717) is 57.3 Å². The summed E-state index contributed by atoms with van der Waals surface area (Å²) in [6.45, 7) is 2.70. The molecule has 1 aromatic heterocycles. The number of ether oxygens (including phenoxy) is 3. The number of aromatic nitrogens is 1. The van der Waals surface area contributed by atoms with E-state index in [1.807, 2.05) is 0 Å². The topological polar surface area (TPSA) is 69.7 Å². The first-order chi connectivity index (χ1) is 10.8. The van der Waals surface area contributed by atoms with E-state index in [4.69, 9.17) is 20.6 Å². The zero-order valence-corrected chi connectivity index (χ0v) is 12.8. The second kappa shape index (κ2) is 11.7. The third-order valence-corrected chi connectivity index (χ3v) is 2.69. The van der Waals surface area contributed by atoms with Crippen LogP contribution in [0.15, 0.2) is 18.3 Å². The molecule has 0 aliphatic heterocycles. The maximum absolute atomic E-state index is 11.7. The van der Waals surface area contributed by atoms with Crippen molar-refractivity contribution >= 4 is 11.7 Å². The van der Waals surface area contributed by atoms with Gasteiger partial charge in [-0.15, -0.1) is 6.42 Å². The summed E-state index contributed by atoms with van der Waals surface area (Å²) < 4.78 is 15.5. The van der Waals surface area contributed by atoms with Crippen molar-refractivity contribution in [2.24, 2.45) is 0 Å². The van der Waals surface area contributed by atoms with Crippen molar-refractivity contribution < 1.29 is 19.0 Å². The molecule has 0 saturated heterocycles. The number of pyridine rings is 1. The maximum atomic E-state index is 11.7. The van der Waals surface area contributed by atoms with Gasteiger partial charge >= 0.3 is 0 Å². The molecule has 0 saturated carbocycles. The second-order valence-electron chi connectivity index (χ2n) is 4.45. The fourth-order valence-corrected chi connectivity index (χ4v) is 1.56. The lowest BCUT2D eigenvalue weighted by Gasteiger charge is -2.06. The molecule has 0 spiro atoms. The summed E-state index contributed by atoms with van der Waals surface area (Å²) >= 11 is 0. The first-order valence-electron chi connectivity index (χ1n) is 7.13. The molecule has 1 amide bonds. The molecule has 1 aromatic rings. The van der Waals surface area contributed by atoms with Crippen molar-refractivity contribution in [1.82, 2.24) is 4.98 Å². The molecular formula is C16H22N2O4. The molecule has 1 N–H and O–H groups in total. The molecule has 0 aliphatic carbocycles. The van der Waals surface area contributed by atoms with Crippen LogP contribution in [0.4, 0.5) is 5.82 Å². The summed E-state index contributed by atoms with van der Waals surface area (Å²) in [5.41, 5.74) is 0.680. The van der Waals surface area contributed by atoms with Crippen molar-refractivity contribution in [2.45, 2.75) is 12.8 Å². The minimum Gasteiger partial charge on any atom is -0.382 e. The Morgan fingerprint density at radius 1 is 1.23 bits per heavy atom. The molecule has 0 fully saturated rings. The number of carbonyl (C=O) groups is 1. The monoisotopic (exact) mass is 306 g/mol. The summed E-state index contributed by atoms with van der Waals surface area (Å²) in [6.07, 6.45) is 7.80. The Hall–Kier alpha value is -1.94. The number of hydrogen-bond donors (Lipinski definition) is 1. The number of anilines is 1. The van der Waals surface area contributed by atoms with E-state index in [2.05, 4.69) is 16.2 Å². The molecular weight excluding hydrogens is 284 g/mol. The zero-order valence-electron chi connectivity index (χ0n) is 12.8. The van der Waals surface area contributed by atoms with Gasteiger partial charge in [-0.2, -0.15) is 0 Å². The third-order valence-electron chi connectivity index (χ3n) is 2.69. The van der Waals surface area contributed by atoms with E-state index >= 15 is 0 Å². The van der Waals surface area contributed by atoms with Crippen LogP contribution in [0.1, 0.15) is 18.4 Å². The predicted molar refractivity (Wildman–Crippen MR) is 83.5 cm³/mol. The zero-order chi connectivity index (χ0) is 16.0. The Balaban J connectivity index is 2.02. The van der Waals surface area contributed by atoms with Gasteiger partial charge < -0.3 is 19.5 Å². The summed E-state index contributed by atoms with van der Waals surface area (Å²) in [7, 11) is 1.63.